The summed E-state index contributed by atoms with van der Waals surface area (Å²) in [6.07, 6.45) is 2.24. The van der Waals surface area contributed by atoms with E-state index in [9.17, 15) is 14.4 Å². The van der Waals surface area contributed by atoms with Crippen LogP contribution in [0.15, 0.2) is 12.7 Å². The molecule has 32 heteroatoms. The van der Waals surface area contributed by atoms with E-state index in [0.717, 1.165) is 31.5 Å². The van der Waals surface area contributed by atoms with Crippen molar-refractivity contribution in [3.05, 3.63) is 12.7 Å². The summed E-state index contributed by atoms with van der Waals surface area (Å²) in [5.74, 6) is 0. The fourth-order valence-corrected chi connectivity index (χ4v) is 40.5. The van der Waals surface area contributed by atoms with Crippen LogP contribution in [-0.2, 0) is 78.4 Å². The molecule has 0 saturated heterocycles. The second-order valence-corrected chi connectivity index (χ2v) is 66.3. The molecule has 0 spiro atoms. The number of amides is 3. The summed E-state index contributed by atoms with van der Waals surface area (Å²) >= 11 is -1.92. The standard InChI is InChI=1S/C17H41NO5Si3.C12H33NO3Si3.C10H19NO3.C7H15NO3.C7H22O2Si3.2O.Pt/c1-17(2,3)21-16(19)18-12-14-20-13-11-15-26(10,22-24(4,5)6)23-25(7,8)9;1-17(2,3)15-19(7,16-18(4,5)6)12-8-10-14-11-9-13;1-5-7-13-8-6-11-9(12)14-10(2,3)4;1-7(2,3)11-6(10)8-4-5-9;1-10(8-11(2,3)4)9-12(5,6)7;;;/h11-15H2,1-10H3,(H,18,19);8-13H2,1-7H3;5H,1,6-8H2,2-4H3,(H,11,12);9H,4-5H2,1-3H3,(H,8,10);10H,1-7H3;;;. The molecule has 0 aliphatic heterocycles. The second kappa shape index (κ2) is 47.3. The number of carbonyl (C=O) groups excluding carboxylic acids is 3. The Morgan fingerprint density at radius 1 is 0.482 bits per heavy atom. The van der Waals surface area contributed by atoms with E-state index in [4.69, 9.17) is 70.7 Å². The van der Waals surface area contributed by atoms with Gasteiger partial charge in [0.1, 0.15) is 16.8 Å². The Morgan fingerprint density at radius 2 is 0.753 bits per heavy atom. The molecule has 0 aliphatic rings. The van der Waals surface area contributed by atoms with Gasteiger partial charge in [0.25, 0.3) is 9.28 Å². The number of aliphatic hydroxyl groups excluding tert-OH is 1. The van der Waals surface area contributed by atoms with Gasteiger partial charge < -0.3 is 79.9 Å². The van der Waals surface area contributed by atoms with Crippen molar-refractivity contribution in [2.24, 2.45) is 5.73 Å². The first-order valence-electron chi connectivity index (χ1n) is 29.5. The van der Waals surface area contributed by atoms with Gasteiger partial charge in [-0.1, -0.05) is 6.08 Å². The van der Waals surface area contributed by atoms with E-state index in [1.807, 2.05) is 41.5 Å². The maximum atomic E-state index is 11.5. The van der Waals surface area contributed by atoms with Gasteiger partial charge in [-0.3, -0.25) is 0 Å². The molecule has 22 nitrogen and oxygen atoms in total. The molecule has 3 amide bonds. The Kier molecular flexibility index (Phi) is 53.1. The number of hydrogen-bond acceptors (Lipinski definition) is 19. The van der Waals surface area contributed by atoms with E-state index in [0.29, 0.717) is 52.7 Å². The Labute approximate surface area is 537 Å². The van der Waals surface area contributed by atoms with Crippen molar-refractivity contribution < 1.29 is 97.9 Å². The average molecular weight is 1560 g/mol. The molecule has 0 bridgehead atoms. The van der Waals surface area contributed by atoms with Crippen LogP contribution >= 0.6 is 0 Å². The quantitative estimate of drug-likeness (QED) is 0.0181. The molecule has 0 aromatic rings. The molecule has 0 aromatic carbocycles. The first-order valence-corrected chi connectivity index (χ1v) is 58.9. The van der Waals surface area contributed by atoms with Crippen LogP contribution in [0.25, 0.3) is 0 Å². The zero-order valence-electron chi connectivity index (χ0n) is 59.2. The van der Waals surface area contributed by atoms with Gasteiger partial charge in [0, 0.05) is 39.4 Å². The summed E-state index contributed by atoms with van der Waals surface area (Å²) in [4.78, 5) is 33.4. The van der Waals surface area contributed by atoms with Crippen LogP contribution in [-0.4, -0.2) is 189 Å². The molecule has 0 rings (SSSR count). The van der Waals surface area contributed by atoms with Crippen LogP contribution in [0.2, 0.25) is 150 Å². The predicted octanol–water partition coefficient (Wildman–Crippen LogP) is 12.3. The monoisotopic (exact) mass is 1560 g/mol. The molecule has 0 heterocycles. The first-order chi connectivity index (χ1) is 37.9. The van der Waals surface area contributed by atoms with Crippen LogP contribution in [0, 0.1) is 0 Å². The third kappa shape index (κ3) is 89.9. The minimum atomic E-state index is -2.18. The second-order valence-electron chi connectivity index (χ2n) is 28.8. The summed E-state index contributed by atoms with van der Waals surface area (Å²) < 4.78 is 85.8. The Morgan fingerprint density at radius 3 is 0.988 bits per heavy atom. The van der Waals surface area contributed by atoms with Crippen molar-refractivity contribution in [1.82, 2.24) is 16.0 Å². The van der Waals surface area contributed by atoms with Crippen molar-refractivity contribution in [1.29, 1.82) is 0 Å². The molecule has 0 aliphatic carbocycles. The molecule has 85 heavy (non-hydrogen) atoms. The van der Waals surface area contributed by atoms with E-state index in [2.05, 4.69) is 160 Å². The number of ether oxygens (including phenoxy) is 6. The van der Waals surface area contributed by atoms with Gasteiger partial charge in [-0.15, -0.1) is 6.58 Å². The third-order valence-electron chi connectivity index (χ3n) is 8.07. The Balaban J connectivity index is -0.000000235. The van der Waals surface area contributed by atoms with Crippen LogP contribution in [0.4, 0.5) is 14.4 Å². The zero-order chi connectivity index (χ0) is 68.4. The van der Waals surface area contributed by atoms with Crippen molar-refractivity contribution in [3.8, 4) is 0 Å². The number of nitrogens with two attached hydrogens (primary N) is 1. The molecule has 0 unspecified atom stereocenters. The maximum absolute atomic E-state index is 11.5. The Hall–Kier alpha value is -0.650. The topological polar surface area (TPSA) is 278 Å². The molecular formula is C53H130N4O18PtSi9. The van der Waals surface area contributed by atoms with Gasteiger partial charge in [0.15, 0.2) is 49.9 Å². The number of hydrogen-bond donors (Lipinski definition) is 5. The molecule has 0 radical (unpaired) electrons. The summed E-state index contributed by atoms with van der Waals surface area (Å²) in [7, 11) is -14.7. The normalized spacial score (nSPS) is 12.7. The average Bonchev–Trinajstić information content (AvgIpc) is 3.20. The van der Waals surface area contributed by atoms with Crippen molar-refractivity contribution in [2.45, 2.75) is 242 Å². The number of nitrogens with one attached hydrogen (secondary N) is 3. The number of rotatable bonds is 32. The van der Waals surface area contributed by atoms with Crippen molar-refractivity contribution in [3.63, 3.8) is 0 Å². The fraction of sp³-hybridized carbons (Fsp3) is 0.906. The van der Waals surface area contributed by atoms with Crippen LogP contribution in [0.1, 0.15) is 75.2 Å². The van der Waals surface area contributed by atoms with Crippen LogP contribution in [0.5, 0.6) is 0 Å². The van der Waals surface area contributed by atoms with E-state index in [-0.39, 0.29) is 13.2 Å². The number of alkyl carbamates (subject to hydrolysis) is 3. The fourth-order valence-electron chi connectivity index (χ4n) is 6.85. The van der Waals surface area contributed by atoms with E-state index in [1.165, 1.54) is 0 Å². The van der Waals surface area contributed by atoms with Crippen LogP contribution in [0.3, 0.4) is 0 Å². The summed E-state index contributed by atoms with van der Waals surface area (Å²) in [5, 5.41) is 16.0. The summed E-state index contributed by atoms with van der Waals surface area (Å²) in [5.41, 5.74) is 4.00. The van der Waals surface area contributed by atoms with E-state index < -0.39 is 130 Å². The van der Waals surface area contributed by atoms with Crippen LogP contribution < -0.4 is 21.7 Å². The minimum absolute atomic E-state index is 0.0702. The molecule has 0 saturated carbocycles. The molecule has 0 atom stereocenters. The Bertz CT molecular complexity index is 1730. The zero-order valence-corrected chi connectivity index (χ0v) is 70.7. The molecular weight excluding hydrogens is 1430 g/mol. The van der Waals surface area contributed by atoms with Gasteiger partial charge in [0.2, 0.25) is 0 Å². The molecule has 0 fully saturated rings. The first kappa shape index (κ1) is 95.5. The van der Waals surface area contributed by atoms with E-state index >= 15 is 0 Å². The third-order valence-corrected chi connectivity index (χ3v) is 35.6. The molecule has 6 N–H and O–H groups in total. The number of aliphatic hydroxyl groups is 1. The van der Waals surface area contributed by atoms with Gasteiger partial charge in [-0.05, 0) is 225 Å². The van der Waals surface area contributed by atoms with Crippen molar-refractivity contribution in [2.75, 3.05) is 72.4 Å². The van der Waals surface area contributed by atoms with Gasteiger partial charge in [-0.2, -0.15) is 0 Å². The summed E-state index contributed by atoms with van der Waals surface area (Å²) in [6, 6.07) is 1.94. The molecule has 0 aromatic heterocycles. The summed E-state index contributed by atoms with van der Waals surface area (Å²) in [6.45, 7) is 71.4. The molecule has 516 valence electrons. The van der Waals surface area contributed by atoms with Gasteiger partial charge in [0.05, 0.1) is 33.0 Å². The van der Waals surface area contributed by atoms with Gasteiger partial charge in [-0.25, -0.2) is 14.4 Å². The predicted molar refractivity (Wildman–Crippen MR) is 365 cm³/mol. The number of carbonyl (C=O) groups is 3. The van der Waals surface area contributed by atoms with Gasteiger partial charge >= 0.3 is 60.7 Å². The van der Waals surface area contributed by atoms with Crippen molar-refractivity contribution >= 4 is 94.6 Å². The SMILES string of the molecule is C=CCOCCNC(=O)OC(C)(C)C.CC(C)(C)OC(=O)NCCO.CC(C)(C)OC(=O)NCCOCCC[Si](C)(O[Si](C)(C)C)O[Si](C)(C)C.C[SiH](O[Si](C)(C)C)O[Si](C)(C)C.C[Si](C)(C)O[Si](C)(CCCOCCN)O[Si](C)(C)C.[O]=[Pt]=[O]. The van der Waals surface area contributed by atoms with E-state index in [1.54, 1.807) is 26.8 Å².